The van der Waals surface area contributed by atoms with Crippen molar-refractivity contribution in [3.63, 3.8) is 0 Å². The van der Waals surface area contributed by atoms with Gasteiger partial charge < -0.3 is 10.6 Å². The number of amides is 1. The molecule has 0 aliphatic rings. The zero-order chi connectivity index (χ0) is 15.2. The van der Waals surface area contributed by atoms with E-state index in [1.165, 1.54) is 0 Å². The lowest BCUT2D eigenvalue weighted by Crippen LogP contribution is -2.38. The van der Waals surface area contributed by atoms with Gasteiger partial charge >= 0.3 is 0 Å². The van der Waals surface area contributed by atoms with E-state index in [9.17, 15) is 4.79 Å². The number of fused-ring (bicyclic) bond motifs is 1. The summed E-state index contributed by atoms with van der Waals surface area (Å²) in [5.74, 6) is -0.0116. The van der Waals surface area contributed by atoms with Crippen LogP contribution in [0.3, 0.4) is 0 Å². The van der Waals surface area contributed by atoms with Crippen LogP contribution in [-0.4, -0.2) is 23.5 Å². The molecule has 1 aromatic carbocycles. The first kappa shape index (κ1) is 15.6. The van der Waals surface area contributed by atoms with Gasteiger partial charge in [-0.05, 0) is 37.6 Å². The molecule has 2 rings (SSSR count). The third-order valence-electron chi connectivity index (χ3n) is 3.31. The van der Waals surface area contributed by atoms with E-state index in [1.54, 1.807) is 6.20 Å². The maximum Gasteiger partial charge on any atom is 0.242 e. The Labute approximate surface area is 129 Å². The van der Waals surface area contributed by atoms with Crippen LogP contribution in [-0.2, 0) is 4.79 Å². The molecule has 1 amide bonds. The molecule has 1 atom stereocenters. The molecular weight excluding hydrogens is 286 g/mol. The van der Waals surface area contributed by atoms with Gasteiger partial charge in [0.15, 0.2) is 0 Å². The number of rotatable bonds is 6. The second-order valence-electron chi connectivity index (χ2n) is 5.01. The fraction of sp³-hybridized carbons (Fsp3) is 0.375. The first-order valence-corrected chi connectivity index (χ1v) is 7.58. The molecule has 0 aliphatic carbocycles. The number of pyridine rings is 1. The lowest BCUT2D eigenvalue weighted by molar-refractivity contribution is -0.121. The molecule has 0 radical (unpaired) electrons. The fourth-order valence-corrected chi connectivity index (χ4v) is 2.31. The van der Waals surface area contributed by atoms with E-state index in [-0.39, 0.29) is 11.9 Å². The number of anilines is 1. The van der Waals surface area contributed by atoms with Gasteiger partial charge in [-0.25, -0.2) is 0 Å². The van der Waals surface area contributed by atoms with Gasteiger partial charge in [-0.2, -0.15) is 0 Å². The molecule has 0 spiro atoms. The zero-order valence-corrected chi connectivity index (χ0v) is 13.1. The Morgan fingerprint density at radius 3 is 2.95 bits per heavy atom. The molecule has 1 unspecified atom stereocenters. The molecule has 0 saturated heterocycles. The number of benzene rings is 1. The van der Waals surface area contributed by atoms with Crippen LogP contribution < -0.4 is 10.6 Å². The monoisotopic (exact) mass is 305 g/mol. The van der Waals surface area contributed by atoms with Gasteiger partial charge in [0, 0.05) is 18.1 Å². The SMILES string of the molecule is CCCCNC(=O)C(C)Nc1ccc(Cl)c2cccnc12. The van der Waals surface area contributed by atoms with Gasteiger partial charge in [0.05, 0.1) is 16.2 Å². The van der Waals surface area contributed by atoms with Crippen molar-refractivity contribution in [1.82, 2.24) is 10.3 Å². The Bertz CT molecular complexity index is 630. The van der Waals surface area contributed by atoms with E-state index < -0.39 is 0 Å². The quantitative estimate of drug-likeness (QED) is 0.802. The summed E-state index contributed by atoms with van der Waals surface area (Å²) in [7, 11) is 0. The van der Waals surface area contributed by atoms with Crippen LogP contribution in [0.25, 0.3) is 10.9 Å². The average Bonchev–Trinajstić information content (AvgIpc) is 2.50. The summed E-state index contributed by atoms with van der Waals surface area (Å²) < 4.78 is 0. The van der Waals surface area contributed by atoms with Crippen LogP contribution in [0.15, 0.2) is 30.5 Å². The molecule has 2 aromatic rings. The van der Waals surface area contributed by atoms with E-state index >= 15 is 0 Å². The van der Waals surface area contributed by atoms with Crippen molar-refractivity contribution in [2.45, 2.75) is 32.7 Å². The molecule has 21 heavy (non-hydrogen) atoms. The number of carbonyl (C=O) groups is 1. The number of carbonyl (C=O) groups excluding carboxylic acids is 1. The van der Waals surface area contributed by atoms with Crippen LogP contribution in [0, 0.1) is 0 Å². The molecular formula is C16H20ClN3O. The van der Waals surface area contributed by atoms with Crippen LogP contribution in [0.2, 0.25) is 5.02 Å². The minimum Gasteiger partial charge on any atom is -0.372 e. The van der Waals surface area contributed by atoms with Gasteiger partial charge in [-0.15, -0.1) is 0 Å². The highest BCUT2D eigenvalue weighted by molar-refractivity contribution is 6.35. The maximum absolute atomic E-state index is 12.0. The molecule has 1 aromatic heterocycles. The highest BCUT2D eigenvalue weighted by Gasteiger charge is 2.14. The number of hydrogen-bond donors (Lipinski definition) is 2. The predicted molar refractivity (Wildman–Crippen MR) is 87.8 cm³/mol. The third kappa shape index (κ3) is 3.85. The summed E-state index contributed by atoms with van der Waals surface area (Å²) >= 11 is 6.17. The third-order valence-corrected chi connectivity index (χ3v) is 3.64. The summed E-state index contributed by atoms with van der Waals surface area (Å²) in [6.07, 6.45) is 3.77. The topological polar surface area (TPSA) is 54.0 Å². The largest absolute Gasteiger partial charge is 0.372 e. The van der Waals surface area contributed by atoms with E-state index in [1.807, 2.05) is 31.2 Å². The Morgan fingerprint density at radius 1 is 1.38 bits per heavy atom. The van der Waals surface area contributed by atoms with Crippen LogP contribution in [0.4, 0.5) is 5.69 Å². The van der Waals surface area contributed by atoms with E-state index in [0.29, 0.717) is 11.6 Å². The summed E-state index contributed by atoms with van der Waals surface area (Å²) in [5.41, 5.74) is 1.59. The number of nitrogens with one attached hydrogen (secondary N) is 2. The van der Waals surface area contributed by atoms with E-state index in [0.717, 1.165) is 29.4 Å². The summed E-state index contributed by atoms with van der Waals surface area (Å²) in [6.45, 7) is 4.64. The van der Waals surface area contributed by atoms with Crippen molar-refractivity contribution in [2.75, 3.05) is 11.9 Å². The van der Waals surface area contributed by atoms with Crippen molar-refractivity contribution >= 4 is 34.1 Å². The van der Waals surface area contributed by atoms with Crippen molar-refractivity contribution in [2.24, 2.45) is 0 Å². The van der Waals surface area contributed by atoms with Crippen LogP contribution >= 0.6 is 11.6 Å². The second-order valence-corrected chi connectivity index (χ2v) is 5.41. The maximum atomic E-state index is 12.0. The Balaban J connectivity index is 2.13. The number of aromatic nitrogens is 1. The Hall–Kier alpha value is -1.81. The van der Waals surface area contributed by atoms with Crippen molar-refractivity contribution in [1.29, 1.82) is 0 Å². The molecule has 1 heterocycles. The van der Waals surface area contributed by atoms with E-state index in [2.05, 4.69) is 22.5 Å². The van der Waals surface area contributed by atoms with Crippen LogP contribution in [0.1, 0.15) is 26.7 Å². The Kier molecular flexibility index (Phi) is 5.39. The van der Waals surface area contributed by atoms with Crippen molar-refractivity contribution in [3.8, 4) is 0 Å². The van der Waals surface area contributed by atoms with Gasteiger partial charge in [0.2, 0.25) is 5.91 Å². The van der Waals surface area contributed by atoms with Gasteiger partial charge in [0.1, 0.15) is 6.04 Å². The molecule has 0 aliphatic heterocycles. The minimum absolute atomic E-state index is 0.0116. The molecule has 0 bridgehead atoms. The van der Waals surface area contributed by atoms with Gasteiger partial charge in [0.25, 0.3) is 0 Å². The number of hydrogen-bond acceptors (Lipinski definition) is 3. The molecule has 4 nitrogen and oxygen atoms in total. The van der Waals surface area contributed by atoms with Crippen LogP contribution in [0.5, 0.6) is 0 Å². The number of halogens is 1. The normalized spacial score (nSPS) is 12.1. The lowest BCUT2D eigenvalue weighted by atomic mass is 10.1. The van der Waals surface area contributed by atoms with E-state index in [4.69, 9.17) is 11.6 Å². The lowest BCUT2D eigenvalue weighted by Gasteiger charge is -2.16. The predicted octanol–water partition coefficient (Wildman–Crippen LogP) is 3.60. The first-order valence-electron chi connectivity index (χ1n) is 7.21. The summed E-state index contributed by atoms with van der Waals surface area (Å²) in [4.78, 5) is 16.4. The highest BCUT2D eigenvalue weighted by atomic mass is 35.5. The summed E-state index contributed by atoms with van der Waals surface area (Å²) in [6, 6.07) is 7.11. The standard InChI is InChI=1S/C16H20ClN3O/c1-3-4-9-19-16(21)11(2)20-14-8-7-13(17)12-6-5-10-18-15(12)14/h5-8,10-11,20H,3-4,9H2,1-2H3,(H,19,21). The molecule has 2 N–H and O–H groups in total. The first-order chi connectivity index (χ1) is 10.1. The fourth-order valence-electron chi connectivity index (χ4n) is 2.09. The Morgan fingerprint density at radius 2 is 2.19 bits per heavy atom. The average molecular weight is 306 g/mol. The van der Waals surface area contributed by atoms with Gasteiger partial charge in [-0.1, -0.05) is 24.9 Å². The molecule has 5 heteroatoms. The number of nitrogens with zero attached hydrogens (tertiary/aromatic N) is 1. The number of unbranched alkanes of at least 4 members (excludes halogenated alkanes) is 1. The van der Waals surface area contributed by atoms with Crippen molar-refractivity contribution in [3.05, 3.63) is 35.5 Å². The highest BCUT2D eigenvalue weighted by Crippen LogP contribution is 2.28. The minimum atomic E-state index is -0.326. The smallest absolute Gasteiger partial charge is 0.242 e. The summed E-state index contributed by atoms with van der Waals surface area (Å²) in [5, 5.41) is 7.65. The zero-order valence-electron chi connectivity index (χ0n) is 12.3. The van der Waals surface area contributed by atoms with Gasteiger partial charge in [-0.3, -0.25) is 9.78 Å². The molecule has 112 valence electrons. The second kappa shape index (κ2) is 7.27. The van der Waals surface area contributed by atoms with Crippen molar-refractivity contribution < 1.29 is 4.79 Å². The molecule has 0 saturated carbocycles. The molecule has 0 fully saturated rings.